The van der Waals surface area contributed by atoms with Gasteiger partial charge in [-0.1, -0.05) is 29.8 Å². The molecule has 4 saturated carbocycles. The fraction of sp³-hybridized carbons (Fsp3) is 0.522. The van der Waals surface area contributed by atoms with Crippen LogP contribution >= 0.6 is 11.6 Å². The first-order chi connectivity index (χ1) is 14.5. The summed E-state index contributed by atoms with van der Waals surface area (Å²) in [5.41, 5.74) is 8.23. The average Bonchev–Trinajstić information content (AvgIpc) is 2.75. The average molecular weight is 423 g/mol. The number of aromatic nitrogens is 2. The number of nitrogens with two attached hydrogens (primary N) is 1. The topological polar surface area (TPSA) is 99.6 Å². The first-order valence-electron chi connectivity index (χ1n) is 10.8. The summed E-state index contributed by atoms with van der Waals surface area (Å²) < 4.78 is 0. The van der Waals surface area contributed by atoms with Crippen LogP contribution in [-0.4, -0.2) is 22.6 Å². The van der Waals surface area contributed by atoms with Crippen molar-refractivity contribution in [3.63, 3.8) is 0 Å². The molecule has 0 amide bonds. The molecule has 6 nitrogen and oxygen atoms in total. The highest BCUT2D eigenvalue weighted by atomic mass is 35.5. The van der Waals surface area contributed by atoms with E-state index in [1.165, 1.54) is 32.1 Å². The third kappa shape index (κ3) is 3.61. The van der Waals surface area contributed by atoms with Gasteiger partial charge >= 0.3 is 0 Å². The number of hydrogen-bond acceptors (Lipinski definition) is 6. The van der Waals surface area contributed by atoms with Crippen LogP contribution in [0.2, 0.25) is 5.02 Å². The summed E-state index contributed by atoms with van der Waals surface area (Å²) in [5, 5.41) is 17.0. The first-order valence-corrected chi connectivity index (χ1v) is 11.2. The molecule has 4 fully saturated rings. The molecule has 0 aliphatic heterocycles. The minimum atomic E-state index is 0.287. The molecule has 1 aromatic carbocycles. The predicted octanol–water partition coefficient (Wildman–Crippen LogP) is 4.18. The summed E-state index contributed by atoms with van der Waals surface area (Å²) in [6, 6.07) is 10.3. The van der Waals surface area contributed by atoms with Crippen LogP contribution in [0.25, 0.3) is 0 Å². The molecule has 4 aliphatic carbocycles. The first kappa shape index (κ1) is 19.6. The number of halogens is 1. The van der Waals surface area contributed by atoms with E-state index in [1.807, 2.05) is 24.3 Å². The molecule has 30 heavy (non-hydrogen) atoms. The fourth-order valence-corrected chi connectivity index (χ4v) is 6.42. The van der Waals surface area contributed by atoms with Crippen molar-refractivity contribution in [1.29, 1.82) is 5.26 Å². The Morgan fingerprint density at radius 3 is 2.67 bits per heavy atom. The van der Waals surface area contributed by atoms with E-state index in [1.54, 1.807) is 6.20 Å². The lowest BCUT2D eigenvalue weighted by Crippen LogP contribution is -2.58. The highest BCUT2D eigenvalue weighted by Gasteiger charge is 2.54. The molecule has 0 radical (unpaired) electrons. The molecular formula is C23H27ClN6. The summed E-state index contributed by atoms with van der Waals surface area (Å²) in [6.45, 7) is 1.37. The monoisotopic (exact) mass is 422 g/mol. The lowest BCUT2D eigenvalue weighted by molar-refractivity contribution is -0.0591. The zero-order valence-electron chi connectivity index (χ0n) is 16.9. The third-order valence-corrected chi connectivity index (χ3v) is 7.78. The molecule has 4 bridgehead atoms. The molecule has 6 rings (SSSR count). The SMILES string of the molecule is N#Cc1cnc(NCc2ccccc2Cl)nc1NC[C@]12CC3C[C@H](C1)[C@H](N)[C@@H](C3)C2. The summed E-state index contributed by atoms with van der Waals surface area (Å²) >= 11 is 6.23. The Hall–Kier alpha value is -2.36. The zero-order chi connectivity index (χ0) is 20.7. The van der Waals surface area contributed by atoms with Crippen LogP contribution in [0.15, 0.2) is 30.5 Å². The Kier molecular flexibility index (Phi) is 5.04. The molecule has 1 heterocycles. The van der Waals surface area contributed by atoms with E-state index in [0.29, 0.717) is 46.8 Å². The second kappa shape index (κ2) is 7.72. The maximum atomic E-state index is 9.52. The van der Waals surface area contributed by atoms with Crippen LogP contribution in [0.5, 0.6) is 0 Å². The number of hydrogen-bond donors (Lipinski definition) is 3. The van der Waals surface area contributed by atoms with Crippen LogP contribution in [0.4, 0.5) is 11.8 Å². The van der Waals surface area contributed by atoms with Crippen molar-refractivity contribution >= 4 is 23.4 Å². The number of benzene rings is 1. The number of nitrogens with zero attached hydrogens (tertiary/aromatic N) is 3. The largest absolute Gasteiger partial charge is 0.368 e. The molecule has 0 spiro atoms. The Labute approximate surface area is 182 Å². The molecule has 156 valence electrons. The molecule has 4 N–H and O–H groups in total. The van der Waals surface area contributed by atoms with Crippen molar-refractivity contribution < 1.29 is 0 Å². The number of rotatable bonds is 6. The van der Waals surface area contributed by atoms with Gasteiger partial charge in [-0.3, -0.25) is 0 Å². The lowest BCUT2D eigenvalue weighted by atomic mass is 9.48. The van der Waals surface area contributed by atoms with E-state index in [0.717, 1.165) is 18.0 Å². The predicted molar refractivity (Wildman–Crippen MR) is 118 cm³/mol. The van der Waals surface area contributed by atoms with Gasteiger partial charge in [0.2, 0.25) is 5.95 Å². The maximum Gasteiger partial charge on any atom is 0.224 e. The van der Waals surface area contributed by atoms with E-state index in [9.17, 15) is 5.26 Å². The van der Waals surface area contributed by atoms with Gasteiger partial charge in [0, 0.05) is 24.2 Å². The molecule has 2 aromatic rings. The summed E-state index contributed by atoms with van der Waals surface area (Å²) in [4.78, 5) is 8.89. The van der Waals surface area contributed by atoms with Gasteiger partial charge in [0.25, 0.3) is 0 Å². The number of nitriles is 1. The van der Waals surface area contributed by atoms with Crippen LogP contribution in [0.1, 0.15) is 43.2 Å². The Morgan fingerprint density at radius 2 is 1.93 bits per heavy atom. The van der Waals surface area contributed by atoms with Gasteiger partial charge in [-0.2, -0.15) is 10.2 Å². The zero-order valence-corrected chi connectivity index (χ0v) is 17.7. The highest BCUT2D eigenvalue weighted by molar-refractivity contribution is 6.31. The summed E-state index contributed by atoms with van der Waals surface area (Å²) in [5.74, 6) is 3.23. The molecule has 7 heteroatoms. The normalized spacial score (nSPS) is 31.4. The second-order valence-corrected chi connectivity index (χ2v) is 9.82. The van der Waals surface area contributed by atoms with Crippen molar-refractivity contribution in [3.8, 4) is 6.07 Å². The minimum absolute atomic E-state index is 0.287. The molecule has 5 atom stereocenters. The smallest absolute Gasteiger partial charge is 0.224 e. The Morgan fingerprint density at radius 1 is 1.17 bits per heavy atom. The van der Waals surface area contributed by atoms with Gasteiger partial charge < -0.3 is 16.4 Å². The quantitative estimate of drug-likeness (QED) is 0.645. The second-order valence-electron chi connectivity index (χ2n) is 9.41. The summed E-state index contributed by atoms with van der Waals surface area (Å²) in [7, 11) is 0. The lowest BCUT2D eigenvalue weighted by Gasteiger charge is -2.59. The molecule has 4 aliphatic rings. The van der Waals surface area contributed by atoms with Crippen LogP contribution in [0.3, 0.4) is 0 Å². The van der Waals surface area contributed by atoms with Gasteiger partial charge in [0.1, 0.15) is 17.5 Å². The van der Waals surface area contributed by atoms with Crippen molar-refractivity contribution in [1.82, 2.24) is 9.97 Å². The van der Waals surface area contributed by atoms with E-state index >= 15 is 0 Å². The van der Waals surface area contributed by atoms with Gasteiger partial charge in [-0.25, -0.2) is 4.98 Å². The molecule has 0 saturated heterocycles. The van der Waals surface area contributed by atoms with Gasteiger partial charge in [0.05, 0.1) is 6.20 Å². The van der Waals surface area contributed by atoms with Crippen molar-refractivity contribution in [2.75, 3.05) is 17.2 Å². The number of anilines is 2. The third-order valence-electron chi connectivity index (χ3n) is 7.41. The van der Waals surface area contributed by atoms with E-state index < -0.39 is 0 Å². The van der Waals surface area contributed by atoms with Gasteiger partial charge in [-0.05, 0) is 66.9 Å². The van der Waals surface area contributed by atoms with Gasteiger partial charge in [0.15, 0.2) is 0 Å². The van der Waals surface area contributed by atoms with E-state index in [-0.39, 0.29) is 5.41 Å². The van der Waals surface area contributed by atoms with Crippen molar-refractivity contribution in [2.45, 2.75) is 44.7 Å². The number of nitrogens with one attached hydrogen (secondary N) is 2. The summed E-state index contributed by atoms with van der Waals surface area (Å²) in [6.07, 6.45) is 7.83. The van der Waals surface area contributed by atoms with Crippen molar-refractivity contribution in [3.05, 3.63) is 46.6 Å². The van der Waals surface area contributed by atoms with Gasteiger partial charge in [-0.15, -0.1) is 0 Å². The molecule has 1 aromatic heterocycles. The van der Waals surface area contributed by atoms with Crippen molar-refractivity contribution in [2.24, 2.45) is 28.9 Å². The van der Waals surface area contributed by atoms with E-state index in [4.69, 9.17) is 17.3 Å². The molecule has 1 unspecified atom stereocenters. The fourth-order valence-electron chi connectivity index (χ4n) is 6.22. The minimum Gasteiger partial charge on any atom is -0.368 e. The standard InChI is InChI=1S/C23H27ClN6/c24-19-4-2-1-3-15(19)11-27-22-28-12-18(10-25)21(30-22)29-13-23-7-14-5-16(8-23)20(26)17(6-14)9-23/h1-4,12,14,16-17,20H,5-9,11,13,26H2,(H2,27,28,29,30)/t14?,16-,17+,20+,23-. The van der Waals surface area contributed by atoms with Crippen LogP contribution in [-0.2, 0) is 6.54 Å². The Balaban J connectivity index is 1.29. The van der Waals surface area contributed by atoms with Crippen LogP contribution in [0, 0.1) is 34.5 Å². The van der Waals surface area contributed by atoms with E-state index in [2.05, 4.69) is 26.7 Å². The molecular weight excluding hydrogens is 396 g/mol. The maximum absolute atomic E-state index is 9.52. The Bertz CT molecular complexity index is 970. The highest BCUT2D eigenvalue weighted by Crippen LogP contribution is 2.59. The van der Waals surface area contributed by atoms with Crippen LogP contribution < -0.4 is 16.4 Å².